The van der Waals surface area contributed by atoms with Crippen molar-refractivity contribution in [2.45, 2.75) is 19.3 Å². The first kappa shape index (κ1) is 11.5. The lowest BCUT2D eigenvalue weighted by atomic mass is 9.87. The van der Waals surface area contributed by atoms with Crippen molar-refractivity contribution in [3.63, 3.8) is 0 Å². The molecule has 1 aromatic rings. The Labute approximate surface area is 96.4 Å². The molecule has 16 heavy (non-hydrogen) atoms. The molecule has 0 aromatic carbocycles. The highest BCUT2D eigenvalue weighted by Gasteiger charge is 2.18. The fourth-order valence-electron chi connectivity index (χ4n) is 2.19. The summed E-state index contributed by atoms with van der Waals surface area (Å²) in [7, 11) is 1.73. The molecule has 4 heteroatoms. The summed E-state index contributed by atoms with van der Waals surface area (Å²) in [4.78, 5) is 8.40. The molecular weight excluding hydrogens is 202 g/mol. The van der Waals surface area contributed by atoms with Gasteiger partial charge in [0, 0.05) is 25.5 Å². The van der Waals surface area contributed by atoms with Gasteiger partial charge in [-0.1, -0.05) is 0 Å². The molecule has 0 saturated carbocycles. The molecule has 1 N–H and O–H groups in total. The summed E-state index contributed by atoms with van der Waals surface area (Å²) in [6, 6.07) is 0. The quantitative estimate of drug-likeness (QED) is 0.748. The molecule has 0 bridgehead atoms. The van der Waals surface area contributed by atoms with Gasteiger partial charge in [0.1, 0.15) is 6.33 Å². The Kier molecular flexibility index (Phi) is 4.25. The lowest BCUT2D eigenvalue weighted by Crippen LogP contribution is -2.29. The number of nitrogens with zero attached hydrogens (tertiary/aromatic N) is 2. The smallest absolute Gasteiger partial charge is 0.115 e. The molecule has 0 amide bonds. The van der Waals surface area contributed by atoms with Crippen LogP contribution in [0.2, 0.25) is 0 Å². The van der Waals surface area contributed by atoms with Crippen molar-refractivity contribution < 1.29 is 4.74 Å². The molecule has 1 aromatic heterocycles. The van der Waals surface area contributed by atoms with Gasteiger partial charge in [-0.3, -0.25) is 0 Å². The highest BCUT2D eigenvalue weighted by atomic mass is 16.5. The van der Waals surface area contributed by atoms with E-state index in [1.807, 2.05) is 6.20 Å². The summed E-state index contributed by atoms with van der Waals surface area (Å²) in [5.74, 6) is 0.718. The maximum atomic E-state index is 5.00. The van der Waals surface area contributed by atoms with E-state index in [4.69, 9.17) is 4.74 Å². The van der Waals surface area contributed by atoms with E-state index in [9.17, 15) is 0 Å². The van der Waals surface area contributed by atoms with Crippen molar-refractivity contribution in [3.8, 4) is 0 Å². The summed E-state index contributed by atoms with van der Waals surface area (Å²) in [5.41, 5.74) is 2.57. The number of fused-ring (bicyclic) bond motifs is 1. The Morgan fingerprint density at radius 3 is 3.38 bits per heavy atom. The first-order valence-corrected chi connectivity index (χ1v) is 5.87. The maximum absolute atomic E-state index is 5.00. The second-order valence-corrected chi connectivity index (χ2v) is 4.30. The van der Waals surface area contributed by atoms with Crippen LogP contribution in [0.15, 0.2) is 12.5 Å². The van der Waals surface area contributed by atoms with Crippen LogP contribution in [0.3, 0.4) is 0 Å². The number of hydrogen-bond acceptors (Lipinski definition) is 4. The summed E-state index contributed by atoms with van der Waals surface area (Å²) < 4.78 is 5.00. The van der Waals surface area contributed by atoms with Gasteiger partial charge in [0.15, 0.2) is 0 Å². The molecule has 0 aliphatic heterocycles. The van der Waals surface area contributed by atoms with E-state index in [1.54, 1.807) is 13.4 Å². The van der Waals surface area contributed by atoms with Crippen LogP contribution < -0.4 is 5.32 Å². The van der Waals surface area contributed by atoms with E-state index in [0.717, 1.165) is 38.5 Å². The van der Waals surface area contributed by atoms with Crippen molar-refractivity contribution in [1.29, 1.82) is 0 Å². The molecule has 2 rings (SSSR count). The average molecular weight is 221 g/mol. The van der Waals surface area contributed by atoms with Crippen LogP contribution in [0, 0.1) is 5.92 Å². The molecule has 0 spiro atoms. The zero-order chi connectivity index (χ0) is 11.2. The number of methoxy groups -OCH3 is 1. The highest BCUT2D eigenvalue weighted by molar-refractivity contribution is 5.19. The second kappa shape index (κ2) is 5.92. The van der Waals surface area contributed by atoms with E-state index in [1.165, 1.54) is 17.7 Å². The fourth-order valence-corrected chi connectivity index (χ4v) is 2.19. The van der Waals surface area contributed by atoms with Crippen molar-refractivity contribution in [1.82, 2.24) is 15.3 Å². The minimum absolute atomic E-state index is 0.718. The van der Waals surface area contributed by atoms with Crippen LogP contribution >= 0.6 is 0 Å². The van der Waals surface area contributed by atoms with Crippen molar-refractivity contribution in [2.75, 3.05) is 26.8 Å². The Hall–Kier alpha value is -1.00. The van der Waals surface area contributed by atoms with Gasteiger partial charge in [-0.2, -0.15) is 0 Å². The molecule has 1 aliphatic carbocycles. The van der Waals surface area contributed by atoms with Gasteiger partial charge in [0.2, 0.25) is 0 Å². The monoisotopic (exact) mass is 221 g/mol. The van der Waals surface area contributed by atoms with Gasteiger partial charge in [0.25, 0.3) is 0 Å². The molecule has 88 valence electrons. The second-order valence-electron chi connectivity index (χ2n) is 4.30. The van der Waals surface area contributed by atoms with Gasteiger partial charge in [-0.15, -0.1) is 0 Å². The molecule has 0 saturated heterocycles. The number of hydrogen-bond donors (Lipinski definition) is 1. The maximum Gasteiger partial charge on any atom is 0.115 e. The first-order valence-electron chi connectivity index (χ1n) is 5.87. The molecule has 1 heterocycles. The van der Waals surface area contributed by atoms with E-state index in [2.05, 4.69) is 15.3 Å². The molecule has 0 fully saturated rings. The third kappa shape index (κ3) is 3.00. The van der Waals surface area contributed by atoms with Crippen LogP contribution in [-0.2, 0) is 17.6 Å². The van der Waals surface area contributed by atoms with Gasteiger partial charge in [0.05, 0.1) is 6.61 Å². The molecular formula is C12H19N3O. The number of aryl methyl sites for hydroxylation is 1. The Bertz CT molecular complexity index is 330. The van der Waals surface area contributed by atoms with E-state index in [-0.39, 0.29) is 0 Å². The molecule has 0 radical (unpaired) electrons. The van der Waals surface area contributed by atoms with Crippen molar-refractivity contribution in [3.05, 3.63) is 23.8 Å². The highest BCUT2D eigenvalue weighted by Crippen LogP contribution is 2.22. The van der Waals surface area contributed by atoms with Gasteiger partial charge in [-0.05, 0) is 37.3 Å². The van der Waals surface area contributed by atoms with Crippen LogP contribution in [0.4, 0.5) is 0 Å². The average Bonchev–Trinajstić information content (AvgIpc) is 2.34. The standard InChI is InChI=1S/C12H19N3O/c1-16-5-4-13-7-10-2-3-12-11(6-10)8-14-9-15-12/h8-10,13H,2-7H2,1H3. The lowest BCUT2D eigenvalue weighted by molar-refractivity contribution is 0.197. The Morgan fingerprint density at radius 2 is 2.50 bits per heavy atom. The number of aromatic nitrogens is 2. The molecule has 1 atom stereocenters. The third-order valence-corrected chi connectivity index (χ3v) is 3.10. The largest absolute Gasteiger partial charge is 0.383 e. The summed E-state index contributed by atoms with van der Waals surface area (Å²) in [5, 5.41) is 3.42. The third-order valence-electron chi connectivity index (χ3n) is 3.10. The number of rotatable bonds is 5. The predicted molar refractivity (Wildman–Crippen MR) is 62.3 cm³/mol. The van der Waals surface area contributed by atoms with Crippen molar-refractivity contribution >= 4 is 0 Å². The Balaban J connectivity index is 1.79. The molecule has 4 nitrogen and oxygen atoms in total. The number of ether oxygens (including phenoxy) is 1. The van der Waals surface area contributed by atoms with Crippen LogP contribution in [0.1, 0.15) is 17.7 Å². The van der Waals surface area contributed by atoms with E-state index >= 15 is 0 Å². The summed E-state index contributed by atoms with van der Waals surface area (Å²) in [6.45, 7) is 2.79. The lowest BCUT2D eigenvalue weighted by Gasteiger charge is -2.23. The molecule has 1 unspecified atom stereocenters. The zero-order valence-corrected chi connectivity index (χ0v) is 9.78. The minimum atomic E-state index is 0.718. The van der Waals surface area contributed by atoms with Gasteiger partial charge < -0.3 is 10.1 Å². The minimum Gasteiger partial charge on any atom is -0.383 e. The zero-order valence-electron chi connectivity index (χ0n) is 9.78. The number of nitrogens with one attached hydrogen (secondary N) is 1. The van der Waals surface area contributed by atoms with Crippen molar-refractivity contribution in [2.24, 2.45) is 5.92 Å². The summed E-state index contributed by atoms with van der Waals surface area (Å²) >= 11 is 0. The first-order chi connectivity index (χ1) is 7.90. The Morgan fingerprint density at radius 1 is 1.56 bits per heavy atom. The molecule has 1 aliphatic rings. The topological polar surface area (TPSA) is 47.0 Å². The normalized spacial score (nSPS) is 19.4. The predicted octanol–water partition coefficient (Wildman–Crippen LogP) is 0.817. The van der Waals surface area contributed by atoms with Gasteiger partial charge >= 0.3 is 0 Å². The van der Waals surface area contributed by atoms with Gasteiger partial charge in [-0.25, -0.2) is 9.97 Å². The fraction of sp³-hybridized carbons (Fsp3) is 0.667. The van der Waals surface area contributed by atoms with Crippen LogP contribution in [0.25, 0.3) is 0 Å². The van der Waals surface area contributed by atoms with E-state index < -0.39 is 0 Å². The summed E-state index contributed by atoms with van der Waals surface area (Å²) in [6.07, 6.45) is 7.04. The van der Waals surface area contributed by atoms with Crippen LogP contribution in [0.5, 0.6) is 0 Å². The van der Waals surface area contributed by atoms with E-state index in [0.29, 0.717) is 0 Å². The SMILES string of the molecule is COCCNCC1CCc2ncncc2C1. The van der Waals surface area contributed by atoms with Crippen LogP contribution in [-0.4, -0.2) is 36.8 Å².